The number of nitrogens with zero attached hydrogens (tertiary/aromatic N) is 6. The van der Waals surface area contributed by atoms with E-state index in [2.05, 4.69) is 270 Å². The Balaban J connectivity index is 0.923. The van der Waals surface area contributed by atoms with Crippen LogP contribution in [0.5, 0.6) is 0 Å². The van der Waals surface area contributed by atoms with Gasteiger partial charge < -0.3 is 27.4 Å². The number of fused-ring (bicyclic) bond motifs is 18. The van der Waals surface area contributed by atoms with E-state index < -0.39 is 34.6 Å². The fourth-order valence-electron chi connectivity index (χ4n) is 16.0. The molecule has 0 saturated carbocycles. The lowest BCUT2D eigenvalue weighted by Crippen LogP contribution is -2.08. The van der Waals surface area contributed by atoms with Crippen molar-refractivity contribution in [2.45, 2.75) is 6.92 Å². The van der Waals surface area contributed by atoms with Crippen molar-refractivity contribution < 1.29 is 22.0 Å². The summed E-state index contributed by atoms with van der Waals surface area (Å²) in [5.74, 6) is -10.1. The van der Waals surface area contributed by atoms with Crippen LogP contribution in [-0.4, -0.2) is 27.4 Å². The Kier molecular flexibility index (Phi) is 11.3. The van der Waals surface area contributed by atoms with Crippen molar-refractivity contribution in [2.24, 2.45) is 0 Å². The Morgan fingerprint density at radius 3 is 0.656 bits per heavy atom. The zero-order valence-corrected chi connectivity index (χ0v) is 51.1. The molecule has 96 heavy (non-hydrogen) atoms. The van der Waals surface area contributed by atoms with Gasteiger partial charge in [0.2, 0.25) is 5.82 Å². The second kappa shape index (κ2) is 20.0. The molecule has 0 saturated heterocycles. The molecule has 0 unspecified atom stereocenters. The van der Waals surface area contributed by atoms with Crippen molar-refractivity contribution >= 4 is 131 Å². The first-order chi connectivity index (χ1) is 47.2. The largest absolute Gasteiger partial charge is 0.309 e. The van der Waals surface area contributed by atoms with Crippen LogP contribution in [0.1, 0.15) is 5.56 Å². The maximum Gasteiger partial charge on any atom is 0.200 e. The molecule has 11 heteroatoms. The lowest BCUT2D eigenvalue weighted by atomic mass is 9.96. The molecule has 0 aliphatic rings. The van der Waals surface area contributed by atoms with Crippen molar-refractivity contribution in [3.8, 4) is 45.3 Å². The summed E-state index contributed by atoms with van der Waals surface area (Å²) in [5.41, 5.74) is 15.1. The van der Waals surface area contributed by atoms with E-state index in [4.69, 9.17) is 0 Å². The summed E-state index contributed by atoms with van der Waals surface area (Å²) in [4.78, 5) is 0. The standard InChI is InChI=1S/C85H49F5N6/c1-48-42-78(95-74-38-34-49(91-66-26-10-2-18-53(66)54-19-3-11-27-67(54)91)43-62(74)63-44-50(35-39-75(63)95)92-68-28-12-4-20-55(68)56-21-5-13-29-69(56)92)79(47-61(48)80-81(86)83(88)85(90)84(89)82(80)87)96-76-40-36-51(93-70-30-14-6-22-57(70)58-23-7-15-31-71(58)93)45-64(76)65-46-52(37-41-77(65)96)94-72-32-16-8-24-59(72)60-25-9-17-33-73(60)94/h2-47H,1H3. The summed E-state index contributed by atoms with van der Waals surface area (Å²) in [6.45, 7) is 1.66. The van der Waals surface area contributed by atoms with Gasteiger partial charge in [-0.2, -0.15) is 0 Å². The lowest BCUT2D eigenvalue weighted by Gasteiger charge is -2.21. The van der Waals surface area contributed by atoms with Gasteiger partial charge in [-0.15, -0.1) is 0 Å². The Labute approximate surface area is 543 Å². The van der Waals surface area contributed by atoms with Gasteiger partial charge in [-0.05, 0) is 152 Å². The molecule has 0 radical (unpaired) electrons. The van der Waals surface area contributed by atoms with Crippen LogP contribution in [0, 0.1) is 36.0 Å². The van der Waals surface area contributed by atoms with Crippen molar-refractivity contribution in [2.75, 3.05) is 0 Å². The van der Waals surface area contributed by atoms with E-state index >= 15 is 22.0 Å². The Morgan fingerprint density at radius 2 is 0.406 bits per heavy atom. The molecule has 6 heterocycles. The zero-order valence-electron chi connectivity index (χ0n) is 51.1. The minimum absolute atomic E-state index is 0.164. The van der Waals surface area contributed by atoms with Gasteiger partial charge in [-0.3, -0.25) is 0 Å². The molecular weight excluding hydrogens is 1200 g/mol. The molecule has 20 rings (SSSR count). The van der Waals surface area contributed by atoms with Crippen LogP contribution in [0.4, 0.5) is 22.0 Å². The average Bonchev–Trinajstić information content (AvgIpc) is 1.52. The van der Waals surface area contributed by atoms with Gasteiger partial charge in [0.15, 0.2) is 23.3 Å². The quantitative estimate of drug-likeness (QED) is 0.0865. The topological polar surface area (TPSA) is 29.6 Å². The van der Waals surface area contributed by atoms with E-state index in [9.17, 15) is 0 Å². The molecule has 454 valence electrons. The predicted octanol–water partition coefficient (Wildman–Crippen LogP) is 22.9. The Morgan fingerprint density at radius 1 is 0.198 bits per heavy atom. The van der Waals surface area contributed by atoms with E-state index in [0.29, 0.717) is 11.4 Å². The van der Waals surface area contributed by atoms with Crippen molar-refractivity contribution in [1.29, 1.82) is 0 Å². The van der Waals surface area contributed by atoms with Gasteiger partial charge >= 0.3 is 0 Å². The van der Waals surface area contributed by atoms with Gasteiger partial charge in [0, 0.05) is 87.4 Å². The van der Waals surface area contributed by atoms with Crippen LogP contribution in [0.3, 0.4) is 0 Å². The smallest absolute Gasteiger partial charge is 0.200 e. The van der Waals surface area contributed by atoms with Crippen molar-refractivity contribution in [3.05, 3.63) is 314 Å². The number of hydrogen-bond donors (Lipinski definition) is 0. The molecule has 0 amide bonds. The zero-order chi connectivity index (χ0) is 63.9. The molecule has 6 nitrogen and oxygen atoms in total. The second-order valence-corrected chi connectivity index (χ2v) is 25.1. The second-order valence-electron chi connectivity index (χ2n) is 25.1. The molecule has 0 spiro atoms. The number of aryl methyl sites for hydroxylation is 1. The number of hydrogen-bond acceptors (Lipinski definition) is 0. The van der Waals surface area contributed by atoms with E-state index in [1.54, 1.807) is 13.0 Å². The highest BCUT2D eigenvalue weighted by atomic mass is 19.2. The third-order valence-electron chi connectivity index (χ3n) is 20.1. The first-order valence-corrected chi connectivity index (χ1v) is 31.9. The molecule has 0 aliphatic carbocycles. The summed E-state index contributed by atoms with van der Waals surface area (Å²) >= 11 is 0. The van der Waals surface area contributed by atoms with Crippen LogP contribution in [0.15, 0.2) is 279 Å². The summed E-state index contributed by atoms with van der Waals surface area (Å²) in [6, 6.07) is 96.4. The molecule has 0 aliphatic heterocycles. The highest BCUT2D eigenvalue weighted by Gasteiger charge is 2.31. The van der Waals surface area contributed by atoms with Gasteiger partial charge in [0.25, 0.3) is 0 Å². The summed E-state index contributed by atoms with van der Waals surface area (Å²) in [6.07, 6.45) is 0. The summed E-state index contributed by atoms with van der Waals surface area (Å²) in [7, 11) is 0. The molecule has 0 fully saturated rings. The monoisotopic (exact) mass is 1250 g/mol. The summed E-state index contributed by atoms with van der Waals surface area (Å²) < 4.78 is 93.9. The maximum absolute atomic E-state index is 16.8. The van der Waals surface area contributed by atoms with E-state index in [-0.39, 0.29) is 11.1 Å². The number of halogens is 5. The third-order valence-corrected chi connectivity index (χ3v) is 20.1. The van der Waals surface area contributed by atoms with Gasteiger partial charge in [-0.1, -0.05) is 146 Å². The van der Waals surface area contributed by atoms with Gasteiger partial charge in [-0.25, -0.2) is 22.0 Å². The molecule has 0 bridgehead atoms. The lowest BCUT2D eigenvalue weighted by molar-refractivity contribution is 0.381. The minimum atomic E-state index is -2.23. The molecule has 14 aromatic carbocycles. The normalized spacial score (nSPS) is 12.3. The van der Waals surface area contributed by atoms with Crippen LogP contribution in [0.25, 0.3) is 176 Å². The predicted molar refractivity (Wildman–Crippen MR) is 382 cm³/mol. The van der Waals surface area contributed by atoms with E-state index in [1.165, 1.54) is 0 Å². The number of para-hydroxylation sites is 8. The van der Waals surface area contributed by atoms with Gasteiger partial charge in [0.1, 0.15) is 0 Å². The van der Waals surface area contributed by atoms with Crippen LogP contribution in [-0.2, 0) is 0 Å². The van der Waals surface area contributed by atoms with Crippen LogP contribution in [0.2, 0.25) is 0 Å². The van der Waals surface area contributed by atoms with Crippen LogP contribution >= 0.6 is 0 Å². The highest BCUT2D eigenvalue weighted by Crippen LogP contribution is 2.47. The van der Waals surface area contributed by atoms with E-state index in [1.807, 2.05) is 30.3 Å². The fourth-order valence-corrected chi connectivity index (χ4v) is 16.0. The van der Waals surface area contributed by atoms with Crippen molar-refractivity contribution in [3.63, 3.8) is 0 Å². The third kappa shape index (κ3) is 7.39. The Bertz CT molecular complexity index is 6220. The number of aromatic nitrogens is 6. The first-order valence-electron chi connectivity index (χ1n) is 31.9. The minimum Gasteiger partial charge on any atom is -0.309 e. The Hall–Kier alpha value is -12.5. The molecule has 6 aromatic heterocycles. The van der Waals surface area contributed by atoms with E-state index in [0.717, 1.165) is 154 Å². The number of rotatable bonds is 7. The van der Waals surface area contributed by atoms with Crippen molar-refractivity contribution in [1.82, 2.24) is 27.4 Å². The molecule has 0 atom stereocenters. The fraction of sp³-hybridized carbons (Fsp3) is 0.0118. The van der Waals surface area contributed by atoms with Gasteiger partial charge in [0.05, 0.1) is 83.1 Å². The number of benzene rings is 14. The molecule has 0 N–H and O–H groups in total. The first kappa shape index (κ1) is 54.1. The summed E-state index contributed by atoms with van der Waals surface area (Å²) in [5, 5.41) is 12.4. The molecule has 20 aromatic rings. The van der Waals surface area contributed by atoms with Crippen LogP contribution < -0.4 is 0 Å². The maximum atomic E-state index is 16.8. The molecular formula is C85H49F5N6. The highest BCUT2D eigenvalue weighted by molar-refractivity contribution is 6.17. The SMILES string of the molecule is Cc1cc(-n2c3ccc(-n4c5ccccc5c5ccccc54)cc3c3cc(-n4c5ccccc5c5ccccc54)ccc32)c(-n2c3ccc(-n4c5ccccc5c5ccccc54)cc3c3cc(-n4c5ccccc5c5ccccc54)ccc32)cc1-c1c(F)c(F)c(F)c(F)c1F. The average molecular weight is 1250 g/mol.